The van der Waals surface area contributed by atoms with Gasteiger partial charge in [-0.1, -0.05) is 17.3 Å². The van der Waals surface area contributed by atoms with Gasteiger partial charge in [0.2, 0.25) is 5.78 Å². The average Bonchev–Trinajstić information content (AvgIpc) is 2.51. The molecule has 0 atom stereocenters. The van der Waals surface area contributed by atoms with E-state index in [9.17, 15) is 4.79 Å². The van der Waals surface area contributed by atoms with E-state index in [4.69, 9.17) is 5.21 Å². The van der Waals surface area contributed by atoms with Crippen LogP contribution in [-0.2, 0) is 6.42 Å². The first kappa shape index (κ1) is 8.94. The molecular formula is C11H11NO2. The first-order valence-electron chi connectivity index (χ1n) is 4.50. The summed E-state index contributed by atoms with van der Waals surface area (Å²) in [4.78, 5) is 11.7. The summed E-state index contributed by atoms with van der Waals surface area (Å²) >= 11 is 0. The SMILES string of the molecule is Cc1ccc(C)c2c1CC(=NO)C2=O. The second-order valence-electron chi connectivity index (χ2n) is 3.61. The third-order valence-electron chi connectivity index (χ3n) is 2.71. The molecule has 14 heavy (non-hydrogen) atoms. The first-order valence-corrected chi connectivity index (χ1v) is 4.50. The summed E-state index contributed by atoms with van der Waals surface area (Å²) in [5, 5.41) is 11.7. The number of oxime groups is 1. The van der Waals surface area contributed by atoms with Gasteiger partial charge in [0.15, 0.2) is 0 Å². The van der Waals surface area contributed by atoms with Crippen LogP contribution in [0, 0.1) is 13.8 Å². The molecule has 3 heteroatoms. The van der Waals surface area contributed by atoms with Crippen LogP contribution in [0.4, 0.5) is 0 Å². The summed E-state index contributed by atoms with van der Waals surface area (Å²) in [5.74, 6) is -0.135. The molecule has 0 spiro atoms. The molecule has 0 fully saturated rings. The quantitative estimate of drug-likeness (QED) is 0.500. The maximum absolute atomic E-state index is 11.7. The minimum Gasteiger partial charge on any atom is -0.411 e. The van der Waals surface area contributed by atoms with Crippen molar-refractivity contribution in [3.63, 3.8) is 0 Å². The van der Waals surface area contributed by atoms with Gasteiger partial charge in [0, 0.05) is 12.0 Å². The molecule has 1 aliphatic rings. The number of hydrogen-bond donors (Lipinski definition) is 1. The van der Waals surface area contributed by atoms with Crippen molar-refractivity contribution in [2.75, 3.05) is 0 Å². The fraction of sp³-hybridized carbons (Fsp3) is 0.273. The van der Waals surface area contributed by atoms with Crippen LogP contribution >= 0.6 is 0 Å². The van der Waals surface area contributed by atoms with Gasteiger partial charge in [0.25, 0.3) is 0 Å². The minimum absolute atomic E-state index is 0.135. The first-order chi connectivity index (χ1) is 6.65. The number of fused-ring (bicyclic) bond motifs is 1. The van der Waals surface area contributed by atoms with Crippen LogP contribution in [0.25, 0.3) is 0 Å². The van der Waals surface area contributed by atoms with Gasteiger partial charge in [0.05, 0.1) is 0 Å². The molecule has 0 radical (unpaired) electrons. The number of ketones is 1. The highest BCUT2D eigenvalue weighted by molar-refractivity contribution is 6.49. The maximum Gasteiger partial charge on any atom is 0.211 e. The van der Waals surface area contributed by atoms with E-state index in [1.54, 1.807) is 0 Å². The summed E-state index contributed by atoms with van der Waals surface area (Å²) in [5.41, 5.74) is 4.00. The summed E-state index contributed by atoms with van der Waals surface area (Å²) in [6.45, 7) is 3.86. The fourth-order valence-electron chi connectivity index (χ4n) is 1.89. The molecule has 1 aromatic rings. The highest BCUT2D eigenvalue weighted by Gasteiger charge is 2.29. The molecule has 1 aromatic carbocycles. The Morgan fingerprint density at radius 3 is 2.50 bits per heavy atom. The molecule has 3 nitrogen and oxygen atoms in total. The Morgan fingerprint density at radius 2 is 1.93 bits per heavy atom. The summed E-state index contributed by atoms with van der Waals surface area (Å²) < 4.78 is 0. The third kappa shape index (κ3) is 1.05. The molecule has 0 aromatic heterocycles. The number of rotatable bonds is 0. The average molecular weight is 189 g/mol. The molecule has 1 aliphatic carbocycles. The highest BCUT2D eigenvalue weighted by Crippen LogP contribution is 2.26. The normalized spacial score (nSPS) is 17.6. The second-order valence-corrected chi connectivity index (χ2v) is 3.61. The van der Waals surface area contributed by atoms with E-state index >= 15 is 0 Å². The minimum atomic E-state index is -0.135. The second kappa shape index (κ2) is 2.94. The molecule has 2 rings (SSSR count). The van der Waals surface area contributed by atoms with E-state index in [2.05, 4.69) is 5.16 Å². The van der Waals surface area contributed by atoms with E-state index < -0.39 is 0 Å². The lowest BCUT2D eigenvalue weighted by molar-refractivity contribution is 0.106. The van der Waals surface area contributed by atoms with Gasteiger partial charge in [0.1, 0.15) is 5.71 Å². The lowest BCUT2D eigenvalue weighted by atomic mass is 10.00. The zero-order valence-electron chi connectivity index (χ0n) is 8.16. The van der Waals surface area contributed by atoms with E-state index in [1.807, 2.05) is 26.0 Å². The highest BCUT2D eigenvalue weighted by atomic mass is 16.4. The largest absolute Gasteiger partial charge is 0.411 e. The van der Waals surface area contributed by atoms with Crippen LogP contribution < -0.4 is 0 Å². The van der Waals surface area contributed by atoms with Crippen molar-refractivity contribution in [1.82, 2.24) is 0 Å². The number of aryl methyl sites for hydroxylation is 2. The molecule has 0 unspecified atom stereocenters. The topological polar surface area (TPSA) is 49.7 Å². The molecular weight excluding hydrogens is 178 g/mol. The predicted octanol–water partition coefficient (Wildman–Crippen LogP) is 1.87. The summed E-state index contributed by atoms with van der Waals surface area (Å²) in [6, 6.07) is 3.91. The Bertz CT molecular complexity index is 447. The van der Waals surface area contributed by atoms with Crippen molar-refractivity contribution in [1.29, 1.82) is 0 Å². The van der Waals surface area contributed by atoms with Gasteiger partial charge in [-0.15, -0.1) is 0 Å². The van der Waals surface area contributed by atoms with Gasteiger partial charge >= 0.3 is 0 Å². The van der Waals surface area contributed by atoms with Crippen molar-refractivity contribution in [2.24, 2.45) is 5.16 Å². The number of Topliss-reactive ketones (excluding diaryl/α,β-unsaturated/α-hetero) is 1. The summed E-state index contributed by atoms with van der Waals surface area (Å²) in [6.07, 6.45) is 0.457. The lowest BCUT2D eigenvalue weighted by Gasteiger charge is -2.04. The Morgan fingerprint density at radius 1 is 1.29 bits per heavy atom. The molecule has 0 saturated heterocycles. The summed E-state index contributed by atoms with van der Waals surface area (Å²) in [7, 11) is 0. The van der Waals surface area contributed by atoms with Gasteiger partial charge in [-0.25, -0.2) is 0 Å². The number of carbonyl (C=O) groups excluding carboxylic acids is 1. The molecule has 0 aliphatic heterocycles. The van der Waals surface area contributed by atoms with E-state index in [1.165, 1.54) is 0 Å². The molecule has 72 valence electrons. The van der Waals surface area contributed by atoms with Crippen molar-refractivity contribution < 1.29 is 10.0 Å². The van der Waals surface area contributed by atoms with E-state index in [-0.39, 0.29) is 11.5 Å². The standard InChI is InChI=1S/C11H11NO2/c1-6-3-4-7(2)10-8(6)5-9(12-14)11(10)13/h3-4,14H,5H2,1-2H3. The zero-order chi connectivity index (χ0) is 10.3. The van der Waals surface area contributed by atoms with Crippen LogP contribution in [-0.4, -0.2) is 16.7 Å². The van der Waals surface area contributed by atoms with Gasteiger partial charge < -0.3 is 5.21 Å². The molecule has 0 saturated carbocycles. The van der Waals surface area contributed by atoms with Crippen LogP contribution in [0.1, 0.15) is 27.0 Å². The molecule has 0 heterocycles. The maximum atomic E-state index is 11.7. The predicted molar refractivity (Wildman–Crippen MR) is 53.2 cm³/mol. The Labute approximate surface area is 82.1 Å². The Hall–Kier alpha value is -1.64. The van der Waals surface area contributed by atoms with Crippen molar-refractivity contribution in [2.45, 2.75) is 20.3 Å². The number of benzene rings is 1. The van der Waals surface area contributed by atoms with Crippen molar-refractivity contribution in [3.8, 4) is 0 Å². The number of carbonyl (C=O) groups is 1. The van der Waals surface area contributed by atoms with Crippen molar-refractivity contribution in [3.05, 3.63) is 34.4 Å². The van der Waals surface area contributed by atoms with Gasteiger partial charge in [-0.3, -0.25) is 4.79 Å². The van der Waals surface area contributed by atoms with E-state index in [0.29, 0.717) is 6.42 Å². The van der Waals surface area contributed by atoms with Gasteiger partial charge in [-0.05, 0) is 30.5 Å². The monoisotopic (exact) mass is 189 g/mol. The van der Waals surface area contributed by atoms with Crippen LogP contribution in [0.3, 0.4) is 0 Å². The Balaban J connectivity index is 2.70. The lowest BCUT2D eigenvalue weighted by Crippen LogP contribution is -2.07. The van der Waals surface area contributed by atoms with E-state index in [0.717, 1.165) is 22.3 Å². The zero-order valence-corrected chi connectivity index (χ0v) is 8.16. The smallest absolute Gasteiger partial charge is 0.211 e. The molecule has 0 bridgehead atoms. The molecule has 1 N–H and O–H groups in total. The van der Waals surface area contributed by atoms with Crippen LogP contribution in [0.5, 0.6) is 0 Å². The van der Waals surface area contributed by atoms with Crippen LogP contribution in [0.15, 0.2) is 17.3 Å². The fourth-order valence-corrected chi connectivity index (χ4v) is 1.89. The number of hydrogen-bond acceptors (Lipinski definition) is 3. The third-order valence-corrected chi connectivity index (χ3v) is 2.71. The molecule has 0 amide bonds. The number of nitrogens with zero attached hydrogens (tertiary/aromatic N) is 1. The van der Waals surface area contributed by atoms with Gasteiger partial charge in [-0.2, -0.15) is 0 Å². The Kier molecular flexibility index (Phi) is 1.88. The van der Waals surface area contributed by atoms with Crippen molar-refractivity contribution >= 4 is 11.5 Å². The van der Waals surface area contributed by atoms with Crippen LogP contribution in [0.2, 0.25) is 0 Å².